The first-order chi connectivity index (χ1) is 9.49. The number of hydrogen-bond donors (Lipinski definition) is 3. The molecule has 1 saturated heterocycles. The van der Waals surface area contributed by atoms with Crippen LogP contribution in [0.25, 0.3) is 0 Å². The molecule has 0 aromatic heterocycles. The third-order valence-corrected chi connectivity index (χ3v) is 4.20. The number of nitrogens with two attached hydrogens (primary N) is 1. The predicted molar refractivity (Wildman–Crippen MR) is 70.8 cm³/mol. The van der Waals surface area contributed by atoms with Crippen molar-refractivity contribution in [2.24, 2.45) is 11.7 Å². The molecule has 1 heterocycles. The van der Waals surface area contributed by atoms with Crippen molar-refractivity contribution in [2.75, 3.05) is 6.54 Å². The van der Waals surface area contributed by atoms with Gasteiger partial charge >= 0.3 is 12.0 Å². The average molecular weight is 283 g/mol. The average Bonchev–Trinajstić information content (AvgIpc) is 2.87. The minimum atomic E-state index is -0.810. The van der Waals surface area contributed by atoms with Crippen molar-refractivity contribution in [1.29, 1.82) is 0 Å². The first kappa shape index (κ1) is 14.6. The van der Waals surface area contributed by atoms with E-state index < -0.39 is 17.9 Å². The summed E-state index contributed by atoms with van der Waals surface area (Å²) in [6, 6.07) is -0.969. The standard InChI is InChI=1S/C13H21N3O4/c14-11(17)10-3-1-2-6-16(10)13(20)15-9-5-4-8(7-9)12(18)19/h8-10H,1-7H2,(H2,14,17)(H,15,20)(H,18,19). The molecule has 3 atom stereocenters. The van der Waals surface area contributed by atoms with E-state index in [0.29, 0.717) is 32.2 Å². The second kappa shape index (κ2) is 6.11. The largest absolute Gasteiger partial charge is 0.481 e. The molecule has 7 nitrogen and oxygen atoms in total. The quantitative estimate of drug-likeness (QED) is 0.690. The molecule has 3 amide bonds. The summed E-state index contributed by atoms with van der Waals surface area (Å²) in [7, 11) is 0. The Morgan fingerprint density at radius 2 is 1.90 bits per heavy atom. The van der Waals surface area contributed by atoms with Gasteiger partial charge in [-0.3, -0.25) is 9.59 Å². The fourth-order valence-electron chi connectivity index (χ4n) is 3.06. The fraction of sp³-hybridized carbons (Fsp3) is 0.769. The smallest absolute Gasteiger partial charge is 0.318 e. The second-order valence-corrected chi connectivity index (χ2v) is 5.60. The Hall–Kier alpha value is -1.79. The zero-order valence-electron chi connectivity index (χ0n) is 11.4. The van der Waals surface area contributed by atoms with Crippen LogP contribution in [0.2, 0.25) is 0 Å². The predicted octanol–water partition coefficient (Wildman–Crippen LogP) is 0.289. The van der Waals surface area contributed by atoms with Gasteiger partial charge in [0.05, 0.1) is 5.92 Å². The first-order valence-electron chi connectivity index (χ1n) is 7.08. The lowest BCUT2D eigenvalue weighted by molar-refractivity contribution is -0.141. The van der Waals surface area contributed by atoms with Crippen molar-refractivity contribution < 1.29 is 19.5 Å². The van der Waals surface area contributed by atoms with Crippen molar-refractivity contribution >= 4 is 17.9 Å². The van der Waals surface area contributed by atoms with E-state index in [4.69, 9.17) is 10.8 Å². The summed E-state index contributed by atoms with van der Waals surface area (Å²) in [5.74, 6) is -1.67. The molecular formula is C13H21N3O4. The number of amides is 3. The normalized spacial score (nSPS) is 30.0. The van der Waals surface area contributed by atoms with Crippen LogP contribution >= 0.6 is 0 Å². The van der Waals surface area contributed by atoms with Crippen molar-refractivity contribution in [3.05, 3.63) is 0 Å². The van der Waals surface area contributed by atoms with E-state index in [-0.39, 0.29) is 18.0 Å². The van der Waals surface area contributed by atoms with Crippen molar-refractivity contribution in [2.45, 2.75) is 50.6 Å². The minimum Gasteiger partial charge on any atom is -0.481 e. The molecule has 2 fully saturated rings. The van der Waals surface area contributed by atoms with E-state index in [2.05, 4.69) is 5.32 Å². The molecule has 2 aliphatic rings. The Balaban J connectivity index is 1.91. The summed E-state index contributed by atoms with van der Waals surface area (Å²) >= 11 is 0. The molecule has 7 heteroatoms. The molecule has 0 aromatic carbocycles. The number of carboxylic acid groups (broad SMARTS) is 1. The van der Waals surface area contributed by atoms with E-state index in [1.807, 2.05) is 0 Å². The maximum atomic E-state index is 12.2. The number of likely N-dealkylation sites (tertiary alicyclic amines) is 1. The van der Waals surface area contributed by atoms with Crippen molar-refractivity contribution in [3.63, 3.8) is 0 Å². The molecule has 0 spiro atoms. The number of carbonyl (C=O) groups excluding carboxylic acids is 2. The van der Waals surface area contributed by atoms with E-state index in [1.165, 1.54) is 4.90 Å². The molecule has 112 valence electrons. The van der Waals surface area contributed by atoms with Gasteiger partial charge in [-0.2, -0.15) is 0 Å². The summed E-state index contributed by atoms with van der Waals surface area (Å²) in [4.78, 5) is 36.0. The lowest BCUT2D eigenvalue weighted by Crippen LogP contribution is -2.55. The van der Waals surface area contributed by atoms with Gasteiger partial charge in [0.1, 0.15) is 6.04 Å². The van der Waals surface area contributed by atoms with Crippen LogP contribution in [0.15, 0.2) is 0 Å². The lowest BCUT2D eigenvalue weighted by Gasteiger charge is -2.34. The number of urea groups is 1. The highest BCUT2D eigenvalue weighted by molar-refractivity contribution is 5.86. The number of piperidine rings is 1. The Labute approximate surface area is 117 Å². The monoisotopic (exact) mass is 283 g/mol. The summed E-state index contributed by atoms with van der Waals surface area (Å²) in [6.45, 7) is 0.522. The third-order valence-electron chi connectivity index (χ3n) is 4.20. The van der Waals surface area contributed by atoms with Gasteiger partial charge in [-0.1, -0.05) is 0 Å². The maximum absolute atomic E-state index is 12.2. The summed E-state index contributed by atoms with van der Waals surface area (Å²) in [5, 5.41) is 11.8. The van der Waals surface area contributed by atoms with Crippen LogP contribution < -0.4 is 11.1 Å². The number of carboxylic acids is 1. The van der Waals surface area contributed by atoms with Gasteiger partial charge in [-0.25, -0.2) is 4.79 Å². The van der Waals surface area contributed by atoms with Gasteiger partial charge in [0.15, 0.2) is 0 Å². The summed E-state index contributed by atoms with van der Waals surface area (Å²) < 4.78 is 0. The number of rotatable bonds is 3. The van der Waals surface area contributed by atoms with Gasteiger partial charge < -0.3 is 21.1 Å². The molecule has 20 heavy (non-hydrogen) atoms. The van der Waals surface area contributed by atoms with Crippen LogP contribution in [0.4, 0.5) is 4.79 Å². The van der Waals surface area contributed by atoms with Crippen LogP contribution in [-0.2, 0) is 9.59 Å². The number of nitrogens with one attached hydrogen (secondary N) is 1. The van der Waals surface area contributed by atoms with Crippen molar-refractivity contribution in [3.8, 4) is 0 Å². The molecule has 1 aliphatic carbocycles. The number of aliphatic carboxylic acids is 1. The first-order valence-corrected chi connectivity index (χ1v) is 7.08. The molecule has 0 radical (unpaired) electrons. The molecule has 0 aromatic rings. The maximum Gasteiger partial charge on any atom is 0.318 e. The molecule has 0 bridgehead atoms. The lowest BCUT2D eigenvalue weighted by atomic mass is 10.0. The van der Waals surface area contributed by atoms with E-state index in [9.17, 15) is 14.4 Å². The Kier molecular flexibility index (Phi) is 4.46. The number of hydrogen-bond acceptors (Lipinski definition) is 3. The van der Waals surface area contributed by atoms with Gasteiger partial charge in [0.25, 0.3) is 0 Å². The molecule has 4 N–H and O–H groups in total. The van der Waals surface area contributed by atoms with Crippen molar-refractivity contribution in [1.82, 2.24) is 10.2 Å². The number of nitrogens with zero attached hydrogens (tertiary/aromatic N) is 1. The van der Waals surface area contributed by atoms with E-state index in [0.717, 1.165) is 12.8 Å². The van der Waals surface area contributed by atoms with Gasteiger partial charge in [0.2, 0.25) is 5.91 Å². The Bertz CT molecular complexity index is 412. The Morgan fingerprint density at radius 1 is 1.15 bits per heavy atom. The fourth-order valence-corrected chi connectivity index (χ4v) is 3.06. The SMILES string of the molecule is NC(=O)C1CCCCN1C(=O)NC1CCC(C(=O)O)C1. The molecular weight excluding hydrogens is 262 g/mol. The highest BCUT2D eigenvalue weighted by Crippen LogP contribution is 2.26. The van der Waals surface area contributed by atoms with E-state index >= 15 is 0 Å². The van der Waals surface area contributed by atoms with Gasteiger partial charge in [-0.15, -0.1) is 0 Å². The van der Waals surface area contributed by atoms with E-state index in [1.54, 1.807) is 0 Å². The molecule has 2 rings (SSSR count). The minimum absolute atomic E-state index is 0.126. The highest BCUT2D eigenvalue weighted by Gasteiger charge is 2.34. The van der Waals surface area contributed by atoms with Crippen LogP contribution in [-0.4, -0.2) is 46.5 Å². The zero-order valence-corrected chi connectivity index (χ0v) is 11.4. The molecule has 3 unspecified atom stereocenters. The van der Waals surface area contributed by atoms with Crippen LogP contribution in [0.3, 0.4) is 0 Å². The highest BCUT2D eigenvalue weighted by atomic mass is 16.4. The summed E-state index contributed by atoms with van der Waals surface area (Å²) in [6.07, 6.45) is 4.06. The Morgan fingerprint density at radius 3 is 2.50 bits per heavy atom. The van der Waals surface area contributed by atoms with Crippen LogP contribution in [0, 0.1) is 5.92 Å². The third kappa shape index (κ3) is 3.20. The van der Waals surface area contributed by atoms with Crippen LogP contribution in [0.5, 0.6) is 0 Å². The molecule has 1 saturated carbocycles. The topological polar surface area (TPSA) is 113 Å². The van der Waals surface area contributed by atoms with Gasteiger partial charge in [0, 0.05) is 12.6 Å². The van der Waals surface area contributed by atoms with Crippen LogP contribution in [0.1, 0.15) is 38.5 Å². The number of primary amides is 1. The number of carbonyl (C=O) groups is 3. The van der Waals surface area contributed by atoms with Gasteiger partial charge in [-0.05, 0) is 38.5 Å². The second-order valence-electron chi connectivity index (χ2n) is 5.60. The molecule has 1 aliphatic heterocycles. The summed E-state index contributed by atoms with van der Waals surface area (Å²) in [5.41, 5.74) is 5.33. The zero-order chi connectivity index (χ0) is 14.7.